The second-order valence-electron chi connectivity index (χ2n) is 6.35. The molecule has 1 aromatic rings. The van der Waals surface area contributed by atoms with Gasteiger partial charge in [-0.15, -0.1) is 24.0 Å². The Morgan fingerprint density at radius 1 is 1.42 bits per heavy atom. The summed E-state index contributed by atoms with van der Waals surface area (Å²) in [5.41, 5.74) is 1.20. The lowest BCUT2D eigenvalue weighted by molar-refractivity contribution is 0.161. The number of hydrogen-bond acceptors (Lipinski definition) is 3. The second-order valence-corrected chi connectivity index (χ2v) is 6.35. The molecule has 0 bridgehead atoms. The van der Waals surface area contributed by atoms with Gasteiger partial charge in [0.15, 0.2) is 5.96 Å². The minimum Gasteiger partial charge on any atom is -0.357 e. The number of likely N-dealkylation sites (N-methyl/N-ethyl adjacent to an activating group) is 1. The van der Waals surface area contributed by atoms with E-state index in [1.165, 1.54) is 31.4 Å². The summed E-state index contributed by atoms with van der Waals surface area (Å²) < 4.78 is 1.84. The molecular formula is C17H33IN6. The number of likely N-dealkylation sites (tertiary alicyclic amines) is 1. The summed E-state index contributed by atoms with van der Waals surface area (Å²) in [6, 6.07) is 0.592. The average Bonchev–Trinajstić information content (AvgIpc) is 2.96. The third kappa shape index (κ3) is 6.23. The van der Waals surface area contributed by atoms with Gasteiger partial charge in [-0.05, 0) is 32.9 Å². The summed E-state index contributed by atoms with van der Waals surface area (Å²) in [7, 11) is 4.04. The number of guanidine groups is 1. The molecule has 0 aliphatic carbocycles. The molecule has 0 radical (unpaired) electrons. The van der Waals surface area contributed by atoms with Gasteiger partial charge in [-0.25, -0.2) is 0 Å². The normalized spacial score (nSPS) is 19.0. The van der Waals surface area contributed by atoms with Crippen molar-refractivity contribution in [1.29, 1.82) is 0 Å². The molecule has 0 aromatic carbocycles. The summed E-state index contributed by atoms with van der Waals surface area (Å²) in [5, 5.41) is 7.65. The van der Waals surface area contributed by atoms with Gasteiger partial charge in [-0.3, -0.25) is 14.6 Å². The number of aromatic nitrogens is 2. The van der Waals surface area contributed by atoms with Crippen molar-refractivity contribution in [3.05, 3.63) is 18.0 Å². The molecule has 1 aliphatic heterocycles. The fraction of sp³-hybridized carbons (Fsp3) is 0.765. The molecule has 1 saturated heterocycles. The Bertz CT molecular complexity index is 501. The highest BCUT2D eigenvalue weighted by molar-refractivity contribution is 14.0. The Balaban J connectivity index is 0.00000288. The zero-order chi connectivity index (χ0) is 16.7. The van der Waals surface area contributed by atoms with Crippen molar-refractivity contribution in [2.75, 3.05) is 33.2 Å². The third-order valence-electron chi connectivity index (χ3n) is 4.48. The van der Waals surface area contributed by atoms with Crippen LogP contribution >= 0.6 is 24.0 Å². The first-order valence-electron chi connectivity index (χ1n) is 8.85. The maximum absolute atomic E-state index is 4.90. The minimum atomic E-state index is 0. The first kappa shape index (κ1) is 21.2. The van der Waals surface area contributed by atoms with Crippen LogP contribution in [-0.4, -0.2) is 64.8 Å². The van der Waals surface area contributed by atoms with Crippen LogP contribution in [0.1, 0.15) is 38.7 Å². The number of hydrogen-bond donors (Lipinski definition) is 1. The Kier molecular flexibility index (Phi) is 9.65. The van der Waals surface area contributed by atoms with Gasteiger partial charge >= 0.3 is 0 Å². The maximum Gasteiger partial charge on any atom is 0.194 e. The molecule has 0 spiro atoms. The van der Waals surface area contributed by atoms with Crippen LogP contribution in [0.2, 0.25) is 0 Å². The SMILES string of the molecule is CCNC(=NCC1CCCCN1CC)N(C)Cc1cnn(C)c1.I. The Morgan fingerprint density at radius 3 is 2.83 bits per heavy atom. The Labute approximate surface area is 163 Å². The number of nitrogens with one attached hydrogen (secondary N) is 1. The van der Waals surface area contributed by atoms with E-state index in [4.69, 9.17) is 4.99 Å². The van der Waals surface area contributed by atoms with Gasteiger partial charge in [0, 0.05) is 45.0 Å². The van der Waals surface area contributed by atoms with Crippen LogP contribution in [0, 0.1) is 0 Å². The quantitative estimate of drug-likeness (QED) is 0.412. The number of piperidine rings is 1. The monoisotopic (exact) mass is 448 g/mol. The fourth-order valence-electron chi connectivity index (χ4n) is 3.25. The summed E-state index contributed by atoms with van der Waals surface area (Å²) in [4.78, 5) is 9.65. The minimum absolute atomic E-state index is 0. The van der Waals surface area contributed by atoms with Crippen molar-refractivity contribution < 1.29 is 0 Å². The molecule has 1 unspecified atom stereocenters. The van der Waals surface area contributed by atoms with E-state index in [0.717, 1.165) is 32.1 Å². The molecule has 6 nitrogen and oxygen atoms in total. The zero-order valence-corrected chi connectivity index (χ0v) is 17.9. The maximum atomic E-state index is 4.90. The molecule has 7 heteroatoms. The molecule has 1 aliphatic rings. The van der Waals surface area contributed by atoms with Gasteiger partial charge in [0.1, 0.15) is 0 Å². The van der Waals surface area contributed by atoms with Gasteiger partial charge in [0.05, 0.1) is 12.7 Å². The van der Waals surface area contributed by atoms with Crippen LogP contribution in [0.3, 0.4) is 0 Å². The van der Waals surface area contributed by atoms with Gasteiger partial charge < -0.3 is 10.2 Å². The van der Waals surface area contributed by atoms with E-state index >= 15 is 0 Å². The largest absolute Gasteiger partial charge is 0.357 e. The van der Waals surface area contributed by atoms with E-state index in [1.54, 1.807) is 0 Å². The van der Waals surface area contributed by atoms with E-state index in [1.807, 2.05) is 17.9 Å². The smallest absolute Gasteiger partial charge is 0.194 e. The van der Waals surface area contributed by atoms with Crippen molar-refractivity contribution in [2.24, 2.45) is 12.0 Å². The fourth-order valence-corrected chi connectivity index (χ4v) is 3.25. The van der Waals surface area contributed by atoms with Crippen LogP contribution in [0.25, 0.3) is 0 Å². The average molecular weight is 448 g/mol. The first-order valence-corrected chi connectivity index (χ1v) is 8.85. The van der Waals surface area contributed by atoms with Crippen LogP contribution in [0.4, 0.5) is 0 Å². The predicted molar refractivity (Wildman–Crippen MR) is 111 cm³/mol. The lowest BCUT2D eigenvalue weighted by atomic mass is 10.0. The molecule has 138 valence electrons. The van der Waals surface area contributed by atoms with Gasteiger partial charge in [0.2, 0.25) is 0 Å². The highest BCUT2D eigenvalue weighted by atomic mass is 127. The molecule has 1 fully saturated rings. The summed E-state index contributed by atoms with van der Waals surface area (Å²) in [6.07, 6.45) is 7.90. The Morgan fingerprint density at radius 2 is 2.21 bits per heavy atom. The van der Waals surface area contributed by atoms with Gasteiger partial charge in [-0.2, -0.15) is 5.10 Å². The number of aliphatic imine (C=N–C) groups is 1. The number of aryl methyl sites for hydroxylation is 1. The molecule has 0 amide bonds. The molecule has 2 heterocycles. The van der Waals surface area contributed by atoms with E-state index < -0.39 is 0 Å². The van der Waals surface area contributed by atoms with Crippen molar-refractivity contribution in [3.8, 4) is 0 Å². The van der Waals surface area contributed by atoms with Crippen LogP contribution in [-0.2, 0) is 13.6 Å². The van der Waals surface area contributed by atoms with Crippen LogP contribution in [0.15, 0.2) is 17.4 Å². The van der Waals surface area contributed by atoms with Crippen molar-refractivity contribution >= 4 is 29.9 Å². The topological polar surface area (TPSA) is 48.7 Å². The molecule has 24 heavy (non-hydrogen) atoms. The number of halogens is 1. The standard InChI is InChI=1S/C17H32N6.HI/c1-5-18-17(21(3)13-15-11-20-22(4)14-15)19-12-16-9-7-8-10-23(16)6-2;/h11,14,16H,5-10,12-13H2,1-4H3,(H,18,19);1H. The highest BCUT2D eigenvalue weighted by Crippen LogP contribution is 2.16. The molecular weight excluding hydrogens is 415 g/mol. The molecule has 0 saturated carbocycles. The van der Waals surface area contributed by atoms with Gasteiger partial charge in [0.25, 0.3) is 0 Å². The summed E-state index contributed by atoms with van der Waals surface area (Å²) in [5.74, 6) is 0.984. The lowest BCUT2D eigenvalue weighted by Crippen LogP contribution is -2.43. The van der Waals surface area contributed by atoms with Gasteiger partial charge in [-0.1, -0.05) is 13.3 Å². The lowest BCUT2D eigenvalue weighted by Gasteiger charge is -2.34. The van der Waals surface area contributed by atoms with Crippen LogP contribution in [0.5, 0.6) is 0 Å². The second kappa shape index (κ2) is 10.9. The summed E-state index contributed by atoms with van der Waals surface area (Å²) in [6.45, 7) is 9.31. The van der Waals surface area contributed by atoms with E-state index in [-0.39, 0.29) is 24.0 Å². The van der Waals surface area contributed by atoms with Crippen LogP contribution < -0.4 is 5.32 Å². The highest BCUT2D eigenvalue weighted by Gasteiger charge is 2.20. The van der Waals surface area contributed by atoms with Crippen molar-refractivity contribution in [1.82, 2.24) is 24.9 Å². The number of nitrogens with zero attached hydrogens (tertiary/aromatic N) is 5. The molecule has 1 aromatic heterocycles. The molecule has 1 atom stereocenters. The number of rotatable bonds is 6. The zero-order valence-electron chi connectivity index (χ0n) is 15.5. The van der Waals surface area contributed by atoms with E-state index in [0.29, 0.717) is 6.04 Å². The van der Waals surface area contributed by atoms with Crippen molar-refractivity contribution in [3.63, 3.8) is 0 Å². The molecule has 1 N–H and O–H groups in total. The van der Waals surface area contributed by atoms with E-state index in [9.17, 15) is 0 Å². The van der Waals surface area contributed by atoms with E-state index in [2.05, 4.69) is 47.3 Å². The Hall–Kier alpha value is -0.830. The van der Waals surface area contributed by atoms with Crippen molar-refractivity contribution in [2.45, 2.75) is 45.7 Å². The predicted octanol–water partition coefficient (Wildman–Crippen LogP) is 2.31. The molecule has 2 rings (SSSR count). The summed E-state index contributed by atoms with van der Waals surface area (Å²) >= 11 is 0. The third-order valence-corrected chi connectivity index (χ3v) is 4.48. The first-order chi connectivity index (χ1) is 11.1.